The number of imidazole rings is 1. The summed E-state index contributed by atoms with van der Waals surface area (Å²) in [5.74, 6) is 1.15. The van der Waals surface area contributed by atoms with E-state index < -0.39 is 0 Å². The number of hydrogen-bond acceptors (Lipinski definition) is 1. The summed E-state index contributed by atoms with van der Waals surface area (Å²) >= 11 is 2.89. The molecule has 0 aliphatic heterocycles. The molecule has 18 heavy (non-hydrogen) atoms. The van der Waals surface area contributed by atoms with Crippen LogP contribution in [0.1, 0.15) is 43.3 Å². The third-order valence-corrected chi connectivity index (χ3v) is 4.61. The van der Waals surface area contributed by atoms with Crippen molar-refractivity contribution in [2.75, 3.05) is 0 Å². The van der Waals surface area contributed by atoms with Crippen molar-refractivity contribution in [3.8, 4) is 0 Å². The quantitative estimate of drug-likeness (QED) is 0.662. The van der Waals surface area contributed by atoms with E-state index in [-0.39, 0.29) is 5.41 Å². The third kappa shape index (κ3) is 1.81. The van der Waals surface area contributed by atoms with Crippen molar-refractivity contribution in [3.63, 3.8) is 0 Å². The highest BCUT2D eigenvalue weighted by Crippen LogP contribution is 2.28. The fourth-order valence-electron chi connectivity index (χ4n) is 2.58. The van der Waals surface area contributed by atoms with Crippen LogP contribution in [0.3, 0.4) is 0 Å². The summed E-state index contributed by atoms with van der Waals surface area (Å²) < 4.78 is 3.52. The molecule has 0 aliphatic carbocycles. The van der Waals surface area contributed by atoms with Crippen LogP contribution >= 0.6 is 0 Å². The van der Waals surface area contributed by atoms with Crippen LogP contribution in [-0.2, 0) is 12.5 Å². The lowest BCUT2D eigenvalue weighted by atomic mass is 9.96. The Hall–Kier alpha value is -0.778. The molecule has 94 valence electrons. The molecule has 0 atom stereocenters. The first-order chi connectivity index (χ1) is 8.16. The summed E-state index contributed by atoms with van der Waals surface area (Å²) in [4.78, 5) is 4.90. The van der Waals surface area contributed by atoms with Gasteiger partial charge in [0.05, 0.1) is 11.0 Å². The van der Waals surface area contributed by atoms with Gasteiger partial charge in [0, 0.05) is 12.5 Å². The molecule has 1 aromatic carbocycles. The summed E-state index contributed by atoms with van der Waals surface area (Å²) in [6.07, 6.45) is 0. The van der Waals surface area contributed by atoms with Gasteiger partial charge in [-0.1, -0.05) is 26.3 Å². The van der Waals surface area contributed by atoms with E-state index in [9.17, 15) is 0 Å². The number of nitrogens with zero attached hydrogens (tertiary/aromatic N) is 2. The van der Waals surface area contributed by atoms with Crippen LogP contribution in [0, 0.1) is 20.8 Å². The third-order valence-electron chi connectivity index (χ3n) is 3.91. The van der Waals surface area contributed by atoms with Gasteiger partial charge in [-0.2, -0.15) is 0 Å². The van der Waals surface area contributed by atoms with Crippen LogP contribution in [0.5, 0.6) is 0 Å². The minimum absolute atomic E-state index is 0.0686. The second-order valence-corrected chi connectivity index (χ2v) is 6.81. The van der Waals surface area contributed by atoms with Gasteiger partial charge in [-0.25, -0.2) is 4.98 Å². The van der Waals surface area contributed by atoms with E-state index in [1.807, 2.05) is 0 Å². The summed E-state index contributed by atoms with van der Waals surface area (Å²) in [6, 6.07) is 0. The van der Waals surface area contributed by atoms with Crippen LogP contribution < -0.4 is 4.43 Å². The molecule has 0 saturated heterocycles. The van der Waals surface area contributed by atoms with Gasteiger partial charge in [-0.05, 0) is 31.9 Å². The molecule has 0 saturated carbocycles. The van der Waals surface area contributed by atoms with Gasteiger partial charge in [0.1, 0.15) is 5.82 Å². The lowest BCUT2D eigenvalue weighted by molar-refractivity contribution is 0.527. The minimum Gasteiger partial charge on any atom is -0.332 e. The average Bonchev–Trinajstić information content (AvgIpc) is 2.61. The molecule has 2 nitrogen and oxygen atoms in total. The number of aryl methyl sites for hydroxylation is 2. The second kappa shape index (κ2) is 4.12. The zero-order chi connectivity index (χ0) is 13.8. The molecule has 0 bridgehead atoms. The van der Waals surface area contributed by atoms with Crippen LogP contribution in [0.2, 0.25) is 0 Å². The maximum atomic E-state index is 4.90. The largest absolute Gasteiger partial charge is 0.332 e. The Morgan fingerprint density at radius 2 is 1.56 bits per heavy atom. The molecule has 0 amide bonds. The first-order valence-corrected chi connectivity index (χ1v) is 6.96. The van der Waals surface area contributed by atoms with Gasteiger partial charge in [0.15, 0.2) is 16.3 Å². The number of benzene rings is 1. The normalized spacial score (nSPS) is 12.4. The van der Waals surface area contributed by atoms with E-state index in [1.165, 1.54) is 26.6 Å². The predicted molar refractivity (Wildman–Crippen MR) is 79.0 cm³/mol. The van der Waals surface area contributed by atoms with Crippen molar-refractivity contribution in [1.29, 1.82) is 0 Å². The Morgan fingerprint density at radius 3 is 2.06 bits per heavy atom. The Kier molecular flexibility index (Phi) is 3.12. The summed E-state index contributed by atoms with van der Waals surface area (Å²) in [5.41, 5.74) is 6.49. The summed E-state index contributed by atoms with van der Waals surface area (Å²) in [6.45, 7) is 13.2. The Bertz CT molecular complexity index is 630. The molecule has 2 rings (SSSR count). The first kappa shape index (κ1) is 13.6. The second-order valence-electron chi connectivity index (χ2n) is 6.23. The fourth-order valence-corrected chi connectivity index (χ4v) is 3.12. The van der Waals surface area contributed by atoms with Crippen LogP contribution in [0.25, 0.3) is 11.0 Å². The predicted octanol–water partition coefficient (Wildman–Crippen LogP) is 2.59. The zero-order valence-corrected chi connectivity index (χ0v) is 13.6. The minimum atomic E-state index is 0.0686. The van der Waals surface area contributed by atoms with Crippen molar-refractivity contribution >= 4 is 31.7 Å². The van der Waals surface area contributed by atoms with Gasteiger partial charge in [-0.3, -0.25) is 0 Å². The monoisotopic (exact) mass is 256 g/mol. The molecule has 0 fully saturated rings. The van der Waals surface area contributed by atoms with E-state index in [1.54, 1.807) is 0 Å². The molecule has 1 heterocycles. The molecule has 2 radical (unpaired) electrons. The number of fused-ring (bicyclic) bond motifs is 1. The highest BCUT2D eigenvalue weighted by molar-refractivity contribution is 6.39. The topological polar surface area (TPSA) is 17.8 Å². The lowest BCUT2D eigenvalue weighted by Crippen LogP contribution is -2.19. The number of aromatic nitrogens is 2. The highest BCUT2D eigenvalue weighted by Gasteiger charge is 2.23. The lowest BCUT2D eigenvalue weighted by Gasteiger charge is -2.18. The van der Waals surface area contributed by atoms with Crippen LogP contribution in [-0.4, -0.2) is 25.8 Å². The molecule has 1 aromatic heterocycles. The van der Waals surface area contributed by atoms with Crippen LogP contribution in [0.15, 0.2) is 0 Å². The smallest absolute Gasteiger partial charge is 0.179 e. The number of hydrogen-bond donors (Lipinski definition) is 0. The van der Waals surface area contributed by atoms with Gasteiger partial charge < -0.3 is 4.57 Å². The standard InChI is InChI=1S/C15H21N2.Al/c1-9-8-12-13(11(3)10(9)2)16-14(17(12)7)15(4,5)6;/h1-7H3;. The highest BCUT2D eigenvalue weighted by atomic mass is 27.0. The summed E-state index contributed by atoms with van der Waals surface area (Å²) in [5, 5.41) is 0. The van der Waals surface area contributed by atoms with Gasteiger partial charge in [0.25, 0.3) is 0 Å². The molecule has 3 heteroatoms. The van der Waals surface area contributed by atoms with E-state index in [2.05, 4.69) is 69.4 Å². The maximum absolute atomic E-state index is 4.90. The van der Waals surface area contributed by atoms with Crippen molar-refractivity contribution in [1.82, 2.24) is 9.55 Å². The van der Waals surface area contributed by atoms with E-state index >= 15 is 0 Å². The van der Waals surface area contributed by atoms with Crippen molar-refractivity contribution in [2.24, 2.45) is 7.05 Å². The molecule has 0 unspecified atom stereocenters. The van der Waals surface area contributed by atoms with E-state index in [0.29, 0.717) is 0 Å². The Labute approximate surface area is 118 Å². The van der Waals surface area contributed by atoms with Crippen molar-refractivity contribution < 1.29 is 0 Å². The zero-order valence-electron chi connectivity index (χ0n) is 12.5. The molecule has 0 aliphatic rings. The first-order valence-electron chi connectivity index (χ1n) is 6.38. The van der Waals surface area contributed by atoms with Crippen LogP contribution in [0.4, 0.5) is 0 Å². The average molecular weight is 256 g/mol. The van der Waals surface area contributed by atoms with Gasteiger partial charge in [0.2, 0.25) is 0 Å². The number of rotatable bonds is 0. The van der Waals surface area contributed by atoms with Crippen molar-refractivity contribution in [2.45, 2.75) is 47.0 Å². The van der Waals surface area contributed by atoms with Crippen molar-refractivity contribution in [3.05, 3.63) is 22.5 Å². The maximum Gasteiger partial charge on any atom is 0.179 e. The Balaban J connectivity index is 2.98. The van der Waals surface area contributed by atoms with E-state index in [0.717, 1.165) is 11.3 Å². The molecule has 0 spiro atoms. The van der Waals surface area contributed by atoms with Gasteiger partial charge in [-0.15, -0.1) is 4.43 Å². The summed E-state index contributed by atoms with van der Waals surface area (Å²) in [7, 11) is 2.12. The van der Waals surface area contributed by atoms with Gasteiger partial charge >= 0.3 is 0 Å². The van der Waals surface area contributed by atoms with E-state index in [4.69, 9.17) is 4.98 Å². The molecular formula is C15H21AlN2. The Morgan fingerprint density at radius 1 is 1.00 bits per heavy atom. The molecular weight excluding hydrogens is 235 g/mol. The SMILES string of the molecule is Cc1c(C)[c]([Al])c2c(nc(C(C)(C)C)n2C)c1C. The molecule has 0 N–H and O–H groups in total. The molecule has 2 aromatic rings. The fraction of sp³-hybridized carbons (Fsp3) is 0.533.